The Morgan fingerprint density at radius 3 is 2.60 bits per heavy atom. The van der Waals surface area contributed by atoms with Crippen LogP contribution in [0.25, 0.3) is 0 Å². The van der Waals surface area contributed by atoms with E-state index < -0.39 is 15.8 Å². The Labute approximate surface area is 177 Å². The minimum Gasteiger partial charge on any atom is -0.497 e. The fraction of sp³-hybridized carbons (Fsp3) is 0.409. The van der Waals surface area contributed by atoms with Crippen molar-refractivity contribution in [2.45, 2.75) is 37.1 Å². The molecular formula is C22H27FN2O4S. The van der Waals surface area contributed by atoms with Crippen molar-refractivity contribution < 1.29 is 22.3 Å². The van der Waals surface area contributed by atoms with Crippen LogP contribution in [0.1, 0.15) is 31.2 Å². The first-order chi connectivity index (χ1) is 14.4. The highest BCUT2D eigenvalue weighted by atomic mass is 32.2. The Morgan fingerprint density at radius 2 is 1.90 bits per heavy atom. The molecule has 1 aliphatic rings. The largest absolute Gasteiger partial charge is 0.497 e. The van der Waals surface area contributed by atoms with Crippen LogP contribution in [0.4, 0.5) is 4.39 Å². The van der Waals surface area contributed by atoms with Crippen molar-refractivity contribution >= 4 is 15.9 Å². The number of nitrogens with one attached hydrogen (secondary N) is 1. The second kappa shape index (κ2) is 10.0. The van der Waals surface area contributed by atoms with E-state index in [2.05, 4.69) is 5.32 Å². The molecule has 1 heterocycles. The number of carbonyl (C=O) groups excluding carboxylic acids is 1. The van der Waals surface area contributed by atoms with Crippen LogP contribution in [0.15, 0.2) is 53.4 Å². The minimum absolute atomic E-state index is 0.0285. The zero-order valence-electron chi connectivity index (χ0n) is 17.0. The first-order valence-electron chi connectivity index (χ1n) is 10.0. The lowest BCUT2D eigenvalue weighted by Crippen LogP contribution is -2.39. The summed E-state index contributed by atoms with van der Waals surface area (Å²) in [5, 5.41) is 2.91. The smallest absolute Gasteiger partial charge is 0.245 e. The van der Waals surface area contributed by atoms with Crippen LogP contribution in [0.5, 0.6) is 5.75 Å². The van der Waals surface area contributed by atoms with Gasteiger partial charge in [0.15, 0.2) is 0 Å². The predicted molar refractivity (Wildman–Crippen MR) is 112 cm³/mol. The van der Waals surface area contributed by atoms with Crippen molar-refractivity contribution in [1.82, 2.24) is 9.62 Å². The third kappa shape index (κ3) is 5.58. The van der Waals surface area contributed by atoms with Gasteiger partial charge < -0.3 is 10.1 Å². The third-order valence-electron chi connectivity index (χ3n) is 5.43. The summed E-state index contributed by atoms with van der Waals surface area (Å²) in [5.41, 5.74) is 0.967. The maximum atomic E-state index is 13.9. The van der Waals surface area contributed by atoms with Crippen LogP contribution >= 0.6 is 0 Å². The quantitative estimate of drug-likeness (QED) is 0.692. The van der Waals surface area contributed by atoms with Crippen LogP contribution in [0.2, 0.25) is 0 Å². The first kappa shape index (κ1) is 22.2. The van der Waals surface area contributed by atoms with Gasteiger partial charge in [-0.25, -0.2) is 12.8 Å². The Kier molecular flexibility index (Phi) is 7.44. The standard InChI is InChI=1S/C22H27FN2O4S/c1-29-19-6-4-5-18(15-19)16-24-22(26)10-9-17-11-13-25(14-12-17)30(27,28)21-8-3-2-7-20(21)23/h2-8,15,17H,9-14,16H2,1H3,(H,24,26). The molecule has 2 aromatic rings. The van der Waals surface area contributed by atoms with E-state index in [1.807, 2.05) is 24.3 Å². The summed E-state index contributed by atoms with van der Waals surface area (Å²) in [6.45, 7) is 1.12. The van der Waals surface area contributed by atoms with Crippen molar-refractivity contribution in [3.8, 4) is 5.75 Å². The molecule has 0 radical (unpaired) electrons. The maximum absolute atomic E-state index is 13.9. The normalized spacial score (nSPS) is 15.7. The molecule has 2 aromatic carbocycles. The molecule has 0 unspecified atom stereocenters. The Hall–Kier alpha value is -2.45. The number of methoxy groups -OCH3 is 1. The van der Waals surface area contributed by atoms with Gasteiger partial charge in [-0.05, 0) is 55.0 Å². The van der Waals surface area contributed by atoms with Gasteiger partial charge >= 0.3 is 0 Å². The number of benzene rings is 2. The number of piperidine rings is 1. The number of ether oxygens (including phenoxy) is 1. The molecule has 1 aliphatic heterocycles. The monoisotopic (exact) mass is 434 g/mol. The first-order valence-corrected chi connectivity index (χ1v) is 11.5. The predicted octanol–water partition coefficient (Wildman–Crippen LogP) is 3.33. The Balaban J connectivity index is 1.43. The molecule has 1 saturated heterocycles. The average molecular weight is 435 g/mol. The van der Waals surface area contributed by atoms with Gasteiger partial charge in [0.05, 0.1) is 7.11 Å². The summed E-state index contributed by atoms with van der Waals surface area (Å²) < 4.78 is 45.7. The topological polar surface area (TPSA) is 75.7 Å². The summed E-state index contributed by atoms with van der Waals surface area (Å²) in [6.07, 6.45) is 2.43. The summed E-state index contributed by atoms with van der Waals surface area (Å²) >= 11 is 0. The van der Waals surface area contributed by atoms with Crippen molar-refractivity contribution in [2.75, 3.05) is 20.2 Å². The van der Waals surface area contributed by atoms with Gasteiger partial charge in [0.2, 0.25) is 15.9 Å². The highest BCUT2D eigenvalue weighted by Gasteiger charge is 2.31. The molecule has 0 bridgehead atoms. The van der Waals surface area contributed by atoms with Crippen LogP contribution in [-0.2, 0) is 21.4 Å². The molecule has 0 aromatic heterocycles. The van der Waals surface area contributed by atoms with Crippen molar-refractivity contribution in [1.29, 1.82) is 0 Å². The molecule has 8 heteroatoms. The fourth-order valence-corrected chi connectivity index (χ4v) is 5.17. The summed E-state index contributed by atoms with van der Waals surface area (Å²) in [7, 11) is -2.22. The molecule has 30 heavy (non-hydrogen) atoms. The lowest BCUT2D eigenvalue weighted by molar-refractivity contribution is -0.121. The number of amides is 1. The second-order valence-corrected chi connectivity index (χ2v) is 9.35. The van der Waals surface area contributed by atoms with Crippen LogP contribution in [0, 0.1) is 11.7 Å². The summed E-state index contributed by atoms with van der Waals surface area (Å²) in [5.74, 6) is 0.269. The summed E-state index contributed by atoms with van der Waals surface area (Å²) in [6, 6.07) is 13.0. The maximum Gasteiger partial charge on any atom is 0.245 e. The van der Waals surface area contributed by atoms with Crippen molar-refractivity contribution in [2.24, 2.45) is 5.92 Å². The Bertz CT molecular complexity index is 973. The number of sulfonamides is 1. The fourth-order valence-electron chi connectivity index (χ4n) is 3.64. The van der Waals surface area contributed by atoms with Gasteiger partial charge in [0, 0.05) is 26.1 Å². The molecule has 1 N–H and O–H groups in total. The van der Waals surface area contributed by atoms with E-state index in [0.29, 0.717) is 45.3 Å². The van der Waals surface area contributed by atoms with E-state index in [4.69, 9.17) is 4.74 Å². The number of hydrogen-bond acceptors (Lipinski definition) is 4. The molecule has 3 rings (SSSR count). The highest BCUT2D eigenvalue weighted by Crippen LogP contribution is 2.27. The van der Waals surface area contributed by atoms with Gasteiger partial charge in [0.1, 0.15) is 16.5 Å². The van der Waals surface area contributed by atoms with Crippen molar-refractivity contribution in [3.05, 3.63) is 59.9 Å². The van der Waals surface area contributed by atoms with Gasteiger partial charge in [-0.15, -0.1) is 0 Å². The molecule has 0 aliphatic carbocycles. The van der Waals surface area contributed by atoms with Gasteiger partial charge in [-0.2, -0.15) is 4.31 Å². The Morgan fingerprint density at radius 1 is 1.17 bits per heavy atom. The van der Waals surface area contributed by atoms with E-state index in [1.165, 1.54) is 22.5 Å². The van der Waals surface area contributed by atoms with E-state index in [9.17, 15) is 17.6 Å². The molecular weight excluding hydrogens is 407 g/mol. The lowest BCUT2D eigenvalue weighted by Gasteiger charge is -2.31. The number of nitrogens with zero attached hydrogens (tertiary/aromatic N) is 1. The molecule has 1 fully saturated rings. The van der Waals surface area contributed by atoms with Crippen LogP contribution < -0.4 is 10.1 Å². The summed E-state index contributed by atoms with van der Waals surface area (Å²) in [4.78, 5) is 11.9. The highest BCUT2D eigenvalue weighted by molar-refractivity contribution is 7.89. The van der Waals surface area contributed by atoms with E-state index in [-0.39, 0.29) is 16.7 Å². The molecule has 0 spiro atoms. The molecule has 0 saturated carbocycles. The van der Waals surface area contributed by atoms with Crippen LogP contribution in [-0.4, -0.2) is 38.8 Å². The molecule has 6 nitrogen and oxygen atoms in total. The number of halogens is 1. The van der Waals surface area contributed by atoms with E-state index in [1.54, 1.807) is 7.11 Å². The zero-order chi connectivity index (χ0) is 21.6. The number of hydrogen-bond donors (Lipinski definition) is 1. The van der Waals surface area contributed by atoms with Crippen molar-refractivity contribution in [3.63, 3.8) is 0 Å². The van der Waals surface area contributed by atoms with Gasteiger partial charge in [0.25, 0.3) is 0 Å². The van der Waals surface area contributed by atoms with Gasteiger partial charge in [-0.3, -0.25) is 4.79 Å². The number of rotatable bonds is 8. The van der Waals surface area contributed by atoms with E-state index in [0.717, 1.165) is 17.4 Å². The van der Waals surface area contributed by atoms with Crippen LogP contribution in [0.3, 0.4) is 0 Å². The zero-order valence-corrected chi connectivity index (χ0v) is 17.8. The third-order valence-corrected chi connectivity index (χ3v) is 7.36. The molecule has 162 valence electrons. The number of carbonyl (C=O) groups is 1. The molecule has 1 amide bonds. The average Bonchev–Trinajstić information content (AvgIpc) is 2.77. The minimum atomic E-state index is -3.82. The lowest BCUT2D eigenvalue weighted by atomic mass is 9.93. The molecule has 0 atom stereocenters. The second-order valence-electron chi connectivity index (χ2n) is 7.44. The SMILES string of the molecule is COc1cccc(CNC(=O)CCC2CCN(S(=O)(=O)c3ccccc3F)CC2)c1. The van der Waals surface area contributed by atoms with E-state index >= 15 is 0 Å². The van der Waals surface area contributed by atoms with Gasteiger partial charge in [-0.1, -0.05) is 24.3 Å².